The standard InChI is InChI=1S/C13H7Cl2FN2O3/c14-8-1-2-11(10(16)4-8)17-6-7-3-9(15)5-12(13(7)19)18(20)21/h1-6,19H/p-1. The molecule has 0 fully saturated rings. The van der Waals surface area contributed by atoms with Gasteiger partial charge in [-0.2, -0.15) is 0 Å². The summed E-state index contributed by atoms with van der Waals surface area (Å²) < 4.78 is 13.5. The van der Waals surface area contributed by atoms with Gasteiger partial charge in [0.1, 0.15) is 5.82 Å². The summed E-state index contributed by atoms with van der Waals surface area (Å²) in [5, 5.41) is 22.8. The fourth-order valence-electron chi connectivity index (χ4n) is 1.56. The fourth-order valence-corrected chi connectivity index (χ4v) is 1.94. The summed E-state index contributed by atoms with van der Waals surface area (Å²) in [6, 6.07) is 5.97. The van der Waals surface area contributed by atoms with Gasteiger partial charge in [-0.1, -0.05) is 23.2 Å². The lowest BCUT2D eigenvalue weighted by molar-refractivity contribution is -0.398. The molecule has 0 radical (unpaired) electrons. The lowest BCUT2D eigenvalue weighted by Crippen LogP contribution is -2.02. The van der Waals surface area contributed by atoms with E-state index in [9.17, 15) is 19.6 Å². The number of benzene rings is 2. The summed E-state index contributed by atoms with van der Waals surface area (Å²) in [6.45, 7) is 0. The molecule has 0 aliphatic heterocycles. The molecule has 5 nitrogen and oxygen atoms in total. The Morgan fingerprint density at radius 2 is 1.90 bits per heavy atom. The summed E-state index contributed by atoms with van der Waals surface area (Å²) in [4.78, 5) is 13.7. The van der Waals surface area contributed by atoms with Crippen molar-refractivity contribution in [1.82, 2.24) is 0 Å². The Hall–Kier alpha value is -2.18. The van der Waals surface area contributed by atoms with E-state index in [1.54, 1.807) is 0 Å². The third-order valence-electron chi connectivity index (χ3n) is 2.51. The van der Waals surface area contributed by atoms with Gasteiger partial charge < -0.3 is 5.11 Å². The maximum Gasteiger partial charge on any atom is 0.263 e. The van der Waals surface area contributed by atoms with Crippen LogP contribution in [0.25, 0.3) is 0 Å². The van der Waals surface area contributed by atoms with Crippen LogP contribution < -0.4 is 5.11 Å². The number of nitrogens with zero attached hydrogens (tertiary/aromatic N) is 2. The van der Waals surface area contributed by atoms with Crippen LogP contribution in [0, 0.1) is 15.9 Å². The zero-order valence-electron chi connectivity index (χ0n) is 10.2. The highest BCUT2D eigenvalue weighted by Gasteiger charge is 2.11. The average molecular weight is 328 g/mol. The van der Waals surface area contributed by atoms with Gasteiger partial charge in [0.15, 0.2) is 0 Å². The Morgan fingerprint density at radius 1 is 1.19 bits per heavy atom. The molecule has 8 heteroatoms. The maximum atomic E-state index is 13.5. The van der Waals surface area contributed by atoms with E-state index in [0.717, 1.165) is 18.3 Å². The SMILES string of the molecule is O=[N+]([O-])c1cc(Cl)cc(C=Nc2ccc(Cl)cc2F)c1[O-]. The number of nitro groups is 1. The van der Waals surface area contributed by atoms with Crippen LogP contribution in [0.1, 0.15) is 5.56 Å². The molecule has 0 unspecified atom stereocenters. The second-order valence-corrected chi connectivity index (χ2v) is 4.83. The summed E-state index contributed by atoms with van der Waals surface area (Å²) in [5.74, 6) is -1.52. The van der Waals surface area contributed by atoms with Crippen molar-refractivity contribution in [3.63, 3.8) is 0 Å². The molecule has 2 aromatic rings. The average Bonchev–Trinajstić information content (AvgIpc) is 2.40. The molecule has 2 aromatic carbocycles. The molecule has 108 valence electrons. The summed E-state index contributed by atoms with van der Waals surface area (Å²) >= 11 is 11.3. The number of halogens is 3. The smallest absolute Gasteiger partial charge is 0.263 e. The monoisotopic (exact) mass is 327 g/mol. The number of aliphatic imine (C=N–C) groups is 1. The lowest BCUT2D eigenvalue weighted by atomic mass is 10.2. The van der Waals surface area contributed by atoms with Crippen molar-refractivity contribution in [2.45, 2.75) is 0 Å². The van der Waals surface area contributed by atoms with Crippen molar-refractivity contribution >= 4 is 40.8 Å². The van der Waals surface area contributed by atoms with Gasteiger partial charge >= 0.3 is 0 Å². The van der Waals surface area contributed by atoms with Crippen LogP contribution in [0.4, 0.5) is 15.8 Å². The highest BCUT2D eigenvalue weighted by atomic mass is 35.5. The zero-order chi connectivity index (χ0) is 15.6. The highest BCUT2D eigenvalue weighted by molar-refractivity contribution is 6.31. The Morgan fingerprint density at radius 3 is 2.52 bits per heavy atom. The first-order valence-electron chi connectivity index (χ1n) is 5.52. The van der Waals surface area contributed by atoms with Crippen molar-refractivity contribution in [1.29, 1.82) is 0 Å². The van der Waals surface area contributed by atoms with Crippen molar-refractivity contribution in [2.75, 3.05) is 0 Å². The van der Waals surface area contributed by atoms with Crippen molar-refractivity contribution in [3.8, 4) is 5.75 Å². The number of hydrogen-bond donors (Lipinski definition) is 0. The molecule has 0 spiro atoms. The van der Waals surface area contributed by atoms with E-state index in [1.165, 1.54) is 18.2 Å². The molecule has 0 saturated carbocycles. The zero-order valence-corrected chi connectivity index (χ0v) is 11.7. The molecular weight excluding hydrogens is 322 g/mol. The third-order valence-corrected chi connectivity index (χ3v) is 2.97. The summed E-state index contributed by atoms with van der Waals surface area (Å²) in [5.41, 5.74) is -0.828. The van der Waals surface area contributed by atoms with Crippen LogP contribution in [-0.4, -0.2) is 11.1 Å². The van der Waals surface area contributed by atoms with Crippen LogP contribution in [0.15, 0.2) is 35.3 Å². The first-order valence-corrected chi connectivity index (χ1v) is 6.28. The Bertz CT molecular complexity index is 750. The van der Waals surface area contributed by atoms with Gasteiger partial charge in [0.25, 0.3) is 5.69 Å². The second kappa shape index (κ2) is 6.07. The predicted molar refractivity (Wildman–Crippen MR) is 76.2 cm³/mol. The van der Waals surface area contributed by atoms with Crippen LogP contribution in [0.2, 0.25) is 10.0 Å². The lowest BCUT2D eigenvalue weighted by Gasteiger charge is -2.10. The van der Waals surface area contributed by atoms with E-state index in [-0.39, 0.29) is 21.3 Å². The fraction of sp³-hybridized carbons (Fsp3) is 0. The molecule has 2 rings (SSSR count). The van der Waals surface area contributed by atoms with Gasteiger partial charge in [-0.25, -0.2) is 4.39 Å². The predicted octanol–water partition coefficient (Wildman–Crippen LogP) is 3.86. The minimum absolute atomic E-state index is 0.0133. The van der Waals surface area contributed by atoms with Gasteiger partial charge in [-0.05, 0) is 35.6 Å². The van der Waals surface area contributed by atoms with Crippen molar-refractivity contribution in [3.05, 3.63) is 61.9 Å². The van der Waals surface area contributed by atoms with E-state index < -0.39 is 22.2 Å². The molecule has 0 aromatic heterocycles. The highest BCUT2D eigenvalue weighted by Crippen LogP contribution is 2.30. The van der Waals surface area contributed by atoms with Gasteiger partial charge in [-0.15, -0.1) is 0 Å². The minimum Gasteiger partial charge on any atom is -0.867 e. The minimum atomic E-state index is -0.845. The van der Waals surface area contributed by atoms with Crippen LogP contribution in [0.5, 0.6) is 5.75 Å². The second-order valence-electron chi connectivity index (χ2n) is 3.95. The molecule has 0 bridgehead atoms. The van der Waals surface area contributed by atoms with E-state index in [4.69, 9.17) is 23.2 Å². The van der Waals surface area contributed by atoms with E-state index in [2.05, 4.69) is 4.99 Å². The largest absolute Gasteiger partial charge is 0.867 e. The van der Waals surface area contributed by atoms with Gasteiger partial charge in [0.05, 0.1) is 10.6 Å². The number of nitro benzene ring substituents is 1. The molecule has 0 amide bonds. The van der Waals surface area contributed by atoms with E-state index >= 15 is 0 Å². The third kappa shape index (κ3) is 3.48. The first-order chi connectivity index (χ1) is 9.88. The van der Waals surface area contributed by atoms with Crippen LogP contribution in [0.3, 0.4) is 0 Å². The van der Waals surface area contributed by atoms with E-state index in [1.807, 2.05) is 0 Å². The Kier molecular flexibility index (Phi) is 4.40. The molecule has 0 aliphatic rings. The summed E-state index contributed by atoms with van der Waals surface area (Å²) in [7, 11) is 0. The van der Waals surface area contributed by atoms with Gasteiger partial charge in [0, 0.05) is 22.3 Å². The molecular formula is C13H6Cl2FN2O3-. The Labute approximate surface area is 128 Å². The Balaban J connectivity index is 2.43. The normalized spacial score (nSPS) is 11.0. The van der Waals surface area contributed by atoms with Gasteiger partial charge in [0.2, 0.25) is 0 Å². The van der Waals surface area contributed by atoms with Gasteiger partial charge in [-0.3, -0.25) is 15.1 Å². The number of rotatable bonds is 3. The molecule has 0 saturated heterocycles. The van der Waals surface area contributed by atoms with Crippen molar-refractivity contribution in [2.24, 2.45) is 4.99 Å². The van der Waals surface area contributed by atoms with Crippen LogP contribution in [-0.2, 0) is 0 Å². The molecule has 0 atom stereocenters. The molecule has 0 heterocycles. The van der Waals surface area contributed by atoms with Crippen LogP contribution >= 0.6 is 23.2 Å². The quantitative estimate of drug-likeness (QED) is 0.487. The molecule has 0 aliphatic carbocycles. The molecule has 21 heavy (non-hydrogen) atoms. The summed E-state index contributed by atoms with van der Waals surface area (Å²) in [6.07, 6.45) is 1.02. The maximum absolute atomic E-state index is 13.5. The topological polar surface area (TPSA) is 78.6 Å². The number of hydrogen-bond acceptors (Lipinski definition) is 4. The van der Waals surface area contributed by atoms with Crippen molar-refractivity contribution < 1.29 is 14.4 Å². The first kappa shape index (κ1) is 15.2. The van der Waals surface area contributed by atoms with E-state index in [0.29, 0.717) is 0 Å². The molecule has 0 N–H and O–H groups in total.